The Labute approximate surface area is 254 Å². The van der Waals surface area contributed by atoms with Crippen LogP contribution in [0, 0.1) is 5.92 Å². The third kappa shape index (κ3) is 10.7. The van der Waals surface area contributed by atoms with E-state index in [4.69, 9.17) is 9.47 Å². The van der Waals surface area contributed by atoms with Gasteiger partial charge < -0.3 is 14.4 Å². The van der Waals surface area contributed by atoms with Crippen molar-refractivity contribution in [1.29, 1.82) is 0 Å². The van der Waals surface area contributed by atoms with Crippen molar-refractivity contribution in [2.45, 2.75) is 70.3 Å². The molecule has 1 heterocycles. The lowest BCUT2D eigenvalue weighted by Gasteiger charge is -2.34. The van der Waals surface area contributed by atoms with E-state index in [1.54, 1.807) is 4.90 Å². The standard InChI is InChI=1S/C33H40F6N2O3/c1-24(17-25-9-4-2-5-10-25)19-41(21-28-13-8-16-40(28)20-26-11-6-3-7-12-26)31(42)27-14-15-29(43-22-32(34,35)36)30(18-27)44-23-33(37,38)39/h2,4-5,9-10,14-15,17-18,26,28H,3,6-8,11-13,16,19-23H2,1H3/b24-17+. The van der Waals surface area contributed by atoms with E-state index in [2.05, 4.69) is 4.90 Å². The van der Waals surface area contributed by atoms with Crippen LogP contribution in [-0.4, -0.2) is 73.5 Å². The van der Waals surface area contributed by atoms with Gasteiger partial charge in [-0.15, -0.1) is 0 Å². The highest BCUT2D eigenvalue weighted by molar-refractivity contribution is 5.95. The minimum absolute atomic E-state index is 0.00544. The Kier molecular flexibility index (Phi) is 11.6. The average molecular weight is 627 g/mol. The maximum Gasteiger partial charge on any atom is 0.422 e. The molecule has 1 saturated heterocycles. The van der Waals surface area contributed by atoms with Gasteiger partial charge >= 0.3 is 12.4 Å². The van der Waals surface area contributed by atoms with Crippen molar-refractivity contribution in [2.24, 2.45) is 5.92 Å². The predicted octanol–water partition coefficient (Wildman–Crippen LogP) is 8.16. The number of alkyl halides is 6. The van der Waals surface area contributed by atoms with E-state index < -0.39 is 43.0 Å². The van der Waals surface area contributed by atoms with Gasteiger partial charge in [0.05, 0.1) is 0 Å². The summed E-state index contributed by atoms with van der Waals surface area (Å²) in [6.07, 6.45) is 0.600. The second kappa shape index (κ2) is 15.2. The van der Waals surface area contributed by atoms with Crippen molar-refractivity contribution < 1.29 is 40.6 Å². The van der Waals surface area contributed by atoms with Crippen LogP contribution in [0.25, 0.3) is 6.08 Å². The van der Waals surface area contributed by atoms with Gasteiger partial charge in [-0.1, -0.05) is 61.2 Å². The molecule has 0 radical (unpaired) electrons. The van der Waals surface area contributed by atoms with Gasteiger partial charge in [-0.3, -0.25) is 9.69 Å². The maximum atomic E-state index is 14.0. The zero-order valence-electron chi connectivity index (χ0n) is 24.9. The molecule has 1 aliphatic carbocycles. The number of carbonyl (C=O) groups is 1. The Hall–Kier alpha value is -3.21. The molecule has 0 aromatic heterocycles. The summed E-state index contributed by atoms with van der Waals surface area (Å²) in [4.78, 5) is 18.1. The van der Waals surface area contributed by atoms with Crippen molar-refractivity contribution >= 4 is 12.0 Å². The van der Waals surface area contributed by atoms with Crippen LogP contribution in [0.2, 0.25) is 0 Å². The number of nitrogens with zero attached hydrogens (tertiary/aromatic N) is 2. The lowest BCUT2D eigenvalue weighted by molar-refractivity contribution is -0.158. The number of rotatable bonds is 12. The molecule has 0 spiro atoms. The zero-order chi connectivity index (χ0) is 31.7. The molecule has 5 nitrogen and oxygen atoms in total. The van der Waals surface area contributed by atoms with Gasteiger partial charge in [0.2, 0.25) is 0 Å². The van der Waals surface area contributed by atoms with Gasteiger partial charge in [0.25, 0.3) is 5.91 Å². The highest BCUT2D eigenvalue weighted by Gasteiger charge is 2.33. The number of benzene rings is 2. The Bertz CT molecular complexity index is 1240. The molecule has 1 atom stereocenters. The highest BCUT2D eigenvalue weighted by atomic mass is 19.4. The molecule has 4 rings (SSSR count). The summed E-state index contributed by atoms with van der Waals surface area (Å²) in [7, 11) is 0. The molecule has 1 amide bonds. The van der Waals surface area contributed by atoms with Crippen molar-refractivity contribution in [3.63, 3.8) is 0 Å². The number of amides is 1. The van der Waals surface area contributed by atoms with Crippen LogP contribution in [0.3, 0.4) is 0 Å². The van der Waals surface area contributed by atoms with E-state index in [-0.39, 0.29) is 18.2 Å². The lowest BCUT2D eigenvalue weighted by atomic mass is 9.89. The summed E-state index contributed by atoms with van der Waals surface area (Å²) in [5.74, 6) is -0.918. The van der Waals surface area contributed by atoms with E-state index in [9.17, 15) is 31.1 Å². The van der Waals surface area contributed by atoms with Gasteiger partial charge in [0.15, 0.2) is 24.7 Å². The Balaban J connectivity index is 1.59. The summed E-state index contributed by atoms with van der Waals surface area (Å²) in [5, 5.41) is 0. The smallest absolute Gasteiger partial charge is 0.422 e. The lowest BCUT2D eigenvalue weighted by Crippen LogP contribution is -2.45. The van der Waals surface area contributed by atoms with E-state index in [1.165, 1.54) is 38.2 Å². The summed E-state index contributed by atoms with van der Waals surface area (Å²) in [6.45, 7) is 1.07. The van der Waals surface area contributed by atoms with E-state index >= 15 is 0 Å². The summed E-state index contributed by atoms with van der Waals surface area (Å²) in [6, 6.07) is 13.1. The summed E-state index contributed by atoms with van der Waals surface area (Å²) in [5.41, 5.74) is 1.87. The minimum Gasteiger partial charge on any atom is -0.480 e. The minimum atomic E-state index is -4.74. The predicted molar refractivity (Wildman–Crippen MR) is 157 cm³/mol. The molecule has 2 aromatic rings. The Morgan fingerprint density at radius 3 is 2.20 bits per heavy atom. The molecular weight excluding hydrogens is 586 g/mol. The fourth-order valence-corrected chi connectivity index (χ4v) is 6.07. The SMILES string of the molecule is C/C(=C\c1ccccc1)CN(CC1CCCN1CC1CCCCC1)C(=O)c1ccc(OCC(F)(F)F)c(OCC(F)(F)F)c1. The monoisotopic (exact) mass is 626 g/mol. The first-order valence-electron chi connectivity index (χ1n) is 15.1. The molecule has 1 aliphatic heterocycles. The maximum absolute atomic E-state index is 14.0. The van der Waals surface area contributed by atoms with Crippen LogP contribution >= 0.6 is 0 Å². The Morgan fingerprint density at radius 2 is 1.55 bits per heavy atom. The number of halogens is 6. The normalized spacial score (nSPS) is 18.8. The van der Waals surface area contributed by atoms with E-state index in [0.29, 0.717) is 12.5 Å². The van der Waals surface area contributed by atoms with E-state index in [0.717, 1.165) is 49.2 Å². The first-order chi connectivity index (χ1) is 20.9. The first kappa shape index (κ1) is 33.7. The number of carbonyl (C=O) groups excluding carboxylic acids is 1. The molecule has 1 unspecified atom stereocenters. The first-order valence-corrected chi connectivity index (χ1v) is 15.1. The molecule has 0 bridgehead atoms. The molecule has 0 N–H and O–H groups in total. The number of likely N-dealkylation sites (tertiary alicyclic amines) is 1. The third-order valence-electron chi connectivity index (χ3n) is 8.06. The summed E-state index contributed by atoms with van der Waals surface area (Å²) >= 11 is 0. The van der Waals surface area contributed by atoms with Crippen molar-refractivity contribution in [2.75, 3.05) is 39.4 Å². The van der Waals surface area contributed by atoms with Gasteiger partial charge in [-0.2, -0.15) is 26.3 Å². The average Bonchev–Trinajstić information content (AvgIpc) is 3.40. The molecule has 2 aromatic carbocycles. The highest BCUT2D eigenvalue weighted by Crippen LogP contribution is 2.33. The molecule has 1 saturated carbocycles. The van der Waals surface area contributed by atoms with Crippen molar-refractivity contribution in [3.8, 4) is 11.5 Å². The van der Waals surface area contributed by atoms with Crippen LogP contribution in [0.15, 0.2) is 54.1 Å². The van der Waals surface area contributed by atoms with Crippen LogP contribution in [0.5, 0.6) is 11.5 Å². The summed E-state index contributed by atoms with van der Waals surface area (Å²) < 4.78 is 86.8. The topological polar surface area (TPSA) is 42.0 Å². The molecular formula is C33H40F6N2O3. The third-order valence-corrected chi connectivity index (χ3v) is 8.06. The molecule has 44 heavy (non-hydrogen) atoms. The number of hydrogen-bond donors (Lipinski definition) is 0. The van der Waals surface area contributed by atoms with Gasteiger partial charge in [0.1, 0.15) is 0 Å². The molecule has 2 aliphatic rings. The van der Waals surface area contributed by atoms with Crippen LogP contribution in [-0.2, 0) is 0 Å². The zero-order valence-corrected chi connectivity index (χ0v) is 24.9. The number of ether oxygens (including phenoxy) is 2. The second-order valence-electron chi connectivity index (χ2n) is 11.9. The Morgan fingerprint density at radius 1 is 0.886 bits per heavy atom. The fourth-order valence-electron chi connectivity index (χ4n) is 6.07. The second-order valence-corrected chi connectivity index (χ2v) is 11.9. The molecule has 242 valence electrons. The van der Waals surface area contributed by atoms with Crippen LogP contribution in [0.4, 0.5) is 26.3 Å². The van der Waals surface area contributed by atoms with Crippen molar-refractivity contribution in [3.05, 3.63) is 65.2 Å². The largest absolute Gasteiger partial charge is 0.480 e. The molecule has 11 heteroatoms. The van der Waals surface area contributed by atoms with Crippen LogP contribution < -0.4 is 9.47 Å². The molecule has 2 fully saturated rings. The van der Waals surface area contributed by atoms with E-state index in [1.807, 2.05) is 43.3 Å². The number of hydrogen-bond acceptors (Lipinski definition) is 4. The quantitative estimate of drug-likeness (QED) is 0.223. The van der Waals surface area contributed by atoms with Gasteiger partial charge in [-0.05, 0) is 68.8 Å². The van der Waals surface area contributed by atoms with Crippen LogP contribution in [0.1, 0.15) is 67.8 Å². The van der Waals surface area contributed by atoms with Crippen molar-refractivity contribution in [1.82, 2.24) is 9.80 Å². The van der Waals surface area contributed by atoms with Gasteiger partial charge in [0, 0.05) is 31.2 Å². The fraction of sp³-hybridized carbons (Fsp3) is 0.545. The van der Waals surface area contributed by atoms with Gasteiger partial charge in [-0.25, -0.2) is 0 Å².